The normalized spacial score (nSPS) is 13.1. The van der Waals surface area contributed by atoms with Crippen LogP contribution in [0.2, 0.25) is 0 Å². The van der Waals surface area contributed by atoms with Crippen molar-refractivity contribution in [3.63, 3.8) is 0 Å². The zero-order valence-corrected chi connectivity index (χ0v) is 7.64. The Labute approximate surface area is 81.3 Å². The molecule has 72 valence electrons. The lowest BCUT2D eigenvalue weighted by Crippen LogP contribution is -2.27. The largest absolute Gasteiger partial charge is 0.461 e. The molecule has 0 fully saturated rings. The fourth-order valence-corrected chi connectivity index (χ4v) is 1.26. The van der Waals surface area contributed by atoms with Crippen molar-refractivity contribution < 1.29 is 14.3 Å². The number of anilines is 1. The molecule has 0 radical (unpaired) electrons. The summed E-state index contributed by atoms with van der Waals surface area (Å²) in [5, 5.41) is 0. The standard InChI is InChI=1S/C10H9NO3/c1-13-10(12)11-6-7-14-9-5-3-2-4-8(9)11/h2-7H,1H3. The number of fused-ring (bicyclic) bond motifs is 1. The van der Waals surface area contributed by atoms with Crippen LogP contribution in [0, 0.1) is 0 Å². The SMILES string of the molecule is COC(=O)N1C=COc2ccccc21. The Morgan fingerprint density at radius 2 is 2.21 bits per heavy atom. The molecule has 14 heavy (non-hydrogen) atoms. The van der Waals surface area contributed by atoms with Gasteiger partial charge in [-0.15, -0.1) is 0 Å². The van der Waals surface area contributed by atoms with Crippen LogP contribution in [-0.2, 0) is 4.74 Å². The van der Waals surface area contributed by atoms with Gasteiger partial charge in [-0.3, -0.25) is 0 Å². The summed E-state index contributed by atoms with van der Waals surface area (Å²) < 4.78 is 9.85. The number of hydrogen-bond donors (Lipinski definition) is 0. The third kappa shape index (κ3) is 1.31. The van der Waals surface area contributed by atoms with Crippen molar-refractivity contribution in [3.05, 3.63) is 36.7 Å². The maximum Gasteiger partial charge on any atom is 0.418 e. The Morgan fingerprint density at radius 1 is 1.43 bits per heavy atom. The van der Waals surface area contributed by atoms with Gasteiger partial charge in [-0.2, -0.15) is 0 Å². The second kappa shape index (κ2) is 3.41. The van der Waals surface area contributed by atoms with Crippen LogP contribution >= 0.6 is 0 Å². The first kappa shape index (κ1) is 8.62. The Morgan fingerprint density at radius 3 is 3.00 bits per heavy atom. The highest BCUT2D eigenvalue weighted by Gasteiger charge is 2.20. The monoisotopic (exact) mass is 191 g/mol. The van der Waals surface area contributed by atoms with Crippen LogP contribution in [0.3, 0.4) is 0 Å². The van der Waals surface area contributed by atoms with Crippen molar-refractivity contribution in [1.29, 1.82) is 0 Å². The molecule has 0 spiro atoms. The highest BCUT2D eigenvalue weighted by atomic mass is 16.5. The van der Waals surface area contributed by atoms with Gasteiger partial charge in [0.15, 0.2) is 5.75 Å². The maximum absolute atomic E-state index is 11.3. The van der Waals surface area contributed by atoms with Gasteiger partial charge in [0.25, 0.3) is 0 Å². The second-order valence-corrected chi connectivity index (χ2v) is 2.71. The van der Waals surface area contributed by atoms with Crippen LogP contribution in [-0.4, -0.2) is 13.2 Å². The van der Waals surface area contributed by atoms with Gasteiger partial charge in [0.05, 0.1) is 19.0 Å². The van der Waals surface area contributed by atoms with E-state index in [9.17, 15) is 4.79 Å². The maximum atomic E-state index is 11.3. The van der Waals surface area contributed by atoms with E-state index in [1.165, 1.54) is 24.5 Å². The zero-order chi connectivity index (χ0) is 9.97. The molecule has 0 aromatic heterocycles. The Kier molecular flexibility index (Phi) is 2.10. The van der Waals surface area contributed by atoms with E-state index in [4.69, 9.17) is 4.74 Å². The van der Waals surface area contributed by atoms with Crippen LogP contribution in [0.15, 0.2) is 36.7 Å². The van der Waals surface area contributed by atoms with E-state index in [1.54, 1.807) is 12.1 Å². The number of methoxy groups -OCH3 is 1. The average molecular weight is 191 g/mol. The number of para-hydroxylation sites is 2. The quantitative estimate of drug-likeness (QED) is 0.630. The molecule has 4 heteroatoms. The molecule has 0 bridgehead atoms. The van der Waals surface area contributed by atoms with E-state index in [-0.39, 0.29) is 0 Å². The number of carbonyl (C=O) groups excluding carboxylic acids is 1. The molecule has 0 saturated heterocycles. The van der Waals surface area contributed by atoms with Crippen molar-refractivity contribution in [3.8, 4) is 5.75 Å². The summed E-state index contributed by atoms with van der Waals surface area (Å²) in [7, 11) is 1.34. The van der Waals surface area contributed by atoms with Crippen LogP contribution in [0.5, 0.6) is 5.75 Å². The summed E-state index contributed by atoms with van der Waals surface area (Å²) in [5.74, 6) is 0.639. The molecule has 1 aromatic carbocycles. The van der Waals surface area contributed by atoms with Crippen LogP contribution < -0.4 is 9.64 Å². The van der Waals surface area contributed by atoms with E-state index in [0.29, 0.717) is 11.4 Å². The zero-order valence-electron chi connectivity index (χ0n) is 7.64. The van der Waals surface area contributed by atoms with Gasteiger partial charge >= 0.3 is 6.09 Å². The lowest BCUT2D eigenvalue weighted by molar-refractivity contribution is 0.180. The average Bonchev–Trinajstić information content (AvgIpc) is 2.27. The number of ether oxygens (including phenoxy) is 2. The molecular formula is C10H9NO3. The molecule has 1 heterocycles. The lowest BCUT2D eigenvalue weighted by atomic mass is 10.2. The highest BCUT2D eigenvalue weighted by Crippen LogP contribution is 2.31. The molecule has 2 rings (SSSR count). The number of carbonyl (C=O) groups is 1. The second-order valence-electron chi connectivity index (χ2n) is 2.71. The Bertz CT molecular complexity index is 387. The van der Waals surface area contributed by atoms with E-state index in [0.717, 1.165) is 0 Å². The molecule has 1 aliphatic heterocycles. The summed E-state index contributed by atoms with van der Waals surface area (Å²) in [6.45, 7) is 0. The first-order chi connectivity index (χ1) is 6.83. The highest BCUT2D eigenvalue weighted by molar-refractivity contribution is 5.92. The molecule has 1 aromatic rings. The van der Waals surface area contributed by atoms with Gasteiger partial charge in [0.1, 0.15) is 6.26 Å². The van der Waals surface area contributed by atoms with Crippen LogP contribution in [0.1, 0.15) is 0 Å². The summed E-state index contributed by atoms with van der Waals surface area (Å²) >= 11 is 0. The number of hydrogen-bond acceptors (Lipinski definition) is 3. The third-order valence-corrected chi connectivity index (χ3v) is 1.90. The van der Waals surface area contributed by atoms with Gasteiger partial charge in [0, 0.05) is 0 Å². The molecule has 1 aliphatic rings. The predicted octanol–water partition coefficient (Wildman–Crippen LogP) is 2.12. The minimum atomic E-state index is -0.433. The van der Waals surface area contributed by atoms with E-state index in [2.05, 4.69) is 4.74 Å². The molecule has 0 N–H and O–H groups in total. The smallest absolute Gasteiger partial charge is 0.418 e. The topological polar surface area (TPSA) is 38.8 Å². The third-order valence-electron chi connectivity index (χ3n) is 1.90. The Balaban J connectivity index is 2.40. The van der Waals surface area contributed by atoms with Crippen molar-refractivity contribution in [2.75, 3.05) is 12.0 Å². The summed E-state index contributed by atoms with van der Waals surface area (Å²) in [6.07, 6.45) is 2.53. The first-order valence-corrected chi connectivity index (χ1v) is 4.12. The predicted molar refractivity (Wildman–Crippen MR) is 51.1 cm³/mol. The van der Waals surface area contributed by atoms with Gasteiger partial charge in [-0.25, -0.2) is 9.69 Å². The van der Waals surface area contributed by atoms with Crippen molar-refractivity contribution >= 4 is 11.8 Å². The minimum absolute atomic E-state index is 0.433. The molecule has 0 unspecified atom stereocenters. The summed E-state index contributed by atoms with van der Waals surface area (Å²) in [4.78, 5) is 12.7. The number of amides is 1. The van der Waals surface area contributed by atoms with Crippen molar-refractivity contribution in [1.82, 2.24) is 0 Å². The Hall–Kier alpha value is -1.97. The number of benzene rings is 1. The molecule has 0 saturated carbocycles. The molecule has 0 atom stereocenters. The van der Waals surface area contributed by atoms with Gasteiger partial charge in [-0.1, -0.05) is 12.1 Å². The molecule has 1 amide bonds. The molecule has 0 aliphatic carbocycles. The van der Waals surface area contributed by atoms with Gasteiger partial charge < -0.3 is 9.47 Å². The van der Waals surface area contributed by atoms with Crippen molar-refractivity contribution in [2.24, 2.45) is 0 Å². The first-order valence-electron chi connectivity index (χ1n) is 4.12. The van der Waals surface area contributed by atoms with Gasteiger partial charge in [-0.05, 0) is 12.1 Å². The number of rotatable bonds is 0. The fourth-order valence-electron chi connectivity index (χ4n) is 1.26. The minimum Gasteiger partial charge on any atom is -0.461 e. The summed E-state index contributed by atoms with van der Waals surface area (Å²) in [5.41, 5.74) is 0.682. The van der Waals surface area contributed by atoms with Crippen molar-refractivity contribution in [2.45, 2.75) is 0 Å². The van der Waals surface area contributed by atoms with E-state index >= 15 is 0 Å². The fraction of sp³-hybridized carbons (Fsp3) is 0.100. The van der Waals surface area contributed by atoms with E-state index < -0.39 is 6.09 Å². The lowest BCUT2D eigenvalue weighted by Gasteiger charge is -2.22. The number of nitrogens with zero attached hydrogens (tertiary/aromatic N) is 1. The van der Waals surface area contributed by atoms with Gasteiger partial charge in [0.2, 0.25) is 0 Å². The van der Waals surface area contributed by atoms with Crippen LogP contribution in [0.25, 0.3) is 0 Å². The molecule has 4 nitrogen and oxygen atoms in total. The van der Waals surface area contributed by atoms with E-state index in [1.807, 2.05) is 12.1 Å². The van der Waals surface area contributed by atoms with Crippen LogP contribution in [0.4, 0.5) is 10.5 Å². The molecular weight excluding hydrogens is 182 g/mol. The summed E-state index contributed by atoms with van der Waals surface area (Å²) in [6, 6.07) is 7.25.